The number of fused-ring (bicyclic) bond motifs is 1. The van der Waals surface area contributed by atoms with Crippen LogP contribution < -0.4 is 10.6 Å². The van der Waals surface area contributed by atoms with Crippen molar-refractivity contribution in [1.82, 2.24) is 14.9 Å². The molecule has 0 aromatic carbocycles. The number of amides is 1. The first kappa shape index (κ1) is 23.1. The van der Waals surface area contributed by atoms with Crippen molar-refractivity contribution in [1.29, 1.82) is 0 Å². The largest absolute Gasteiger partial charge is 0.471 e. The van der Waals surface area contributed by atoms with Crippen molar-refractivity contribution in [2.24, 2.45) is 15.9 Å². The molecule has 8 nitrogen and oxygen atoms in total. The van der Waals surface area contributed by atoms with E-state index in [0.29, 0.717) is 18.7 Å². The van der Waals surface area contributed by atoms with Crippen LogP contribution >= 0.6 is 0 Å². The van der Waals surface area contributed by atoms with Crippen molar-refractivity contribution in [3.05, 3.63) is 47.4 Å². The van der Waals surface area contributed by atoms with Gasteiger partial charge in [0.1, 0.15) is 18.0 Å². The van der Waals surface area contributed by atoms with Crippen molar-refractivity contribution < 1.29 is 27.1 Å². The number of hydrogen-bond donors (Lipinski definition) is 1. The minimum atomic E-state index is -4.54. The molecule has 0 spiro atoms. The summed E-state index contributed by atoms with van der Waals surface area (Å²) in [6, 6.07) is 3.73. The van der Waals surface area contributed by atoms with Gasteiger partial charge in [0.25, 0.3) is 5.91 Å². The van der Waals surface area contributed by atoms with Crippen LogP contribution in [0.15, 0.2) is 40.7 Å². The van der Waals surface area contributed by atoms with E-state index >= 15 is 0 Å². The number of rotatable bonds is 6. The Kier molecular flexibility index (Phi) is 7.01. The van der Waals surface area contributed by atoms with Gasteiger partial charge in [-0.15, -0.1) is 0 Å². The van der Waals surface area contributed by atoms with E-state index in [2.05, 4.69) is 20.1 Å². The molecule has 12 heteroatoms. The first-order valence-corrected chi connectivity index (χ1v) is 9.51. The molecule has 0 saturated heterocycles. The maximum absolute atomic E-state index is 12.7. The van der Waals surface area contributed by atoms with Gasteiger partial charge in [-0.25, -0.2) is 19.4 Å². The van der Waals surface area contributed by atoms with Gasteiger partial charge in [0.05, 0.1) is 17.6 Å². The smallest absolute Gasteiger partial charge is 0.433 e. The number of carbonyl (C=O) groups is 1. The number of ether oxygens (including phenoxy) is 1. The van der Waals surface area contributed by atoms with E-state index in [-0.39, 0.29) is 30.4 Å². The Morgan fingerprint density at radius 2 is 2.03 bits per heavy atom. The number of hydrazone groups is 1. The molecule has 1 amide bonds. The maximum Gasteiger partial charge on any atom is 0.433 e. The van der Waals surface area contributed by atoms with Crippen LogP contribution in [0, 0.1) is 0 Å². The number of nitrogens with two attached hydrogens (primary N) is 1. The van der Waals surface area contributed by atoms with Gasteiger partial charge in [0.15, 0.2) is 6.67 Å². The molecule has 1 aliphatic rings. The van der Waals surface area contributed by atoms with Crippen molar-refractivity contribution in [3.63, 3.8) is 0 Å². The lowest BCUT2D eigenvalue weighted by Crippen LogP contribution is -2.36. The average molecular weight is 452 g/mol. The molecule has 170 valence electrons. The molecule has 3 rings (SSSR count). The number of alkyl halides is 4. The lowest BCUT2D eigenvalue weighted by atomic mass is 10.0. The van der Waals surface area contributed by atoms with E-state index in [1.807, 2.05) is 0 Å². The topological polar surface area (TPSA) is 106 Å². The molecule has 0 radical (unpaired) electrons. The number of hydrogen-bond acceptors (Lipinski definition) is 7. The van der Waals surface area contributed by atoms with Crippen LogP contribution in [0.2, 0.25) is 0 Å². The second-order valence-corrected chi connectivity index (χ2v) is 6.95. The Hall–Kier alpha value is -3.57. The Labute approximate surface area is 180 Å². The van der Waals surface area contributed by atoms with Gasteiger partial charge >= 0.3 is 6.18 Å². The Morgan fingerprint density at radius 3 is 2.66 bits per heavy atom. The lowest BCUT2D eigenvalue weighted by Gasteiger charge is -2.28. The Bertz CT molecular complexity index is 1040. The summed E-state index contributed by atoms with van der Waals surface area (Å²) in [7, 11) is 0. The summed E-state index contributed by atoms with van der Waals surface area (Å²) in [5.74, 6) is 5.05. The van der Waals surface area contributed by atoms with Crippen LogP contribution in [0.1, 0.15) is 23.7 Å². The minimum absolute atomic E-state index is 0.0915. The van der Waals surface area contributed by atoms with Gasteiger partial charge in [-0.05, 0) is 36.6 Å². The van der Waals surface area contributed by atoms with Gasteiger partial charge in [-0.1, -0.05) is 0 Å². The highest BCUT2D eigenvalue weighted by Crippen LogP contribution is 2.28. The summed E-state index contributed by atoms with van der Waals surface area (Å²) in [5, 5.41) is 3.57. The van der Waals surface area contributed by atoms with Gasteiger partial charge in [-0.3, -0.25) is 4.79 Å². The molecular formula is C20H20F4N6O2. The van der Waals surface area contributed by atoms with E-state index < -0.39 is 24.5 Å². The molecule has 2 N–H and O–H groups in total. The molecule has 0 atom stereocenters. The van der Waals surface area contributed by atoms with Crippen LogP contribution in [0.4, 0.5) is 23.2 Å². The third kappa shape index (κ3) is 5.56. The zero-order valence-electron chi connectivity index (χ0n) is 17.1. The number of carbonyl (C=O) groups excluding carboxylic acids is 1. The van der Waals surface area contributed by atoms with Gasteiger partial charge in [-0.2, -0.15) is 18.3 Å². The summed E-state index contributed by atoms with van der Waals surface area (Å²) in [5.41, 5.74) is 1.48. The quantitative estimate of drug-likeness (QED) is 0.314. The first-order chi connectivity index (χ1) is 15.2. The van der Waals surface area contributed by atoms with Crippen molar-refractivity contribution in [2.45, 2.75) is 26.1 Å². The standard InChI is InChI=1S/C20H20F4N6O2/c1-12(29-25)16(28-15-2-3-17(26-9-15)20(22,23)24)11-32-18-6-13-4-5-30(19(31)7-21)10-14(13)8-27-18/h2-3,6,8-9H,4-5,7,10-11,25H2,1H3. The lowest BCUT2D eigenvalue weighted by molar-refractivity contribution is -0.141. The summed E-state index contributed by atoms with van der Waals surface area (Å²) >= 11 is 0. The third-order valence-corrected chi connectivity index (χ3v) is 4.81. The molecule has 32 heavy (non-hydrogen) atoms. The fourth-order valence-electron chi connectivity index (χ4n) is 3.01. The summed E-state index contributed by atoms with van der Waals surface area (Å²) in [6.07, 6.45) is -1.46. The molecule has 1 aliphatic heterocycles. The zero-order chi connectivity index (χ0) is 23.3. The van der Waals surface area contributed by atoms with Crippen LogP contribution in [0.3, 0.4) is 0 Å². The normalized spacial score (nSPS) is 14.8. The maximum atomic E-state index is 12.7. The predicted molar refractivity (Wildman–Crippen MR) is 108 cm³/mol. The summed E-state index contributed by atoms with van der Waals surface area (Å²) in [4.78, 5) is 24.8. The second kappa shape index (κ2) is 9.71. The monoisotopic (exact) mass is 452 g/mol. The molecule has 0 unspecified atom stereocenters. The molecule has 0 fully saturated rings. The van der Waals surface area contributed by atoms with Gasteiger partial charge in [0, 0.05) is 25.4 Å². The molecule has 0 bridgehead atoms. The summed E-state index contributed by atoms with van der Waals surface area (Å²) in [6.45, 7) is 1.12. The van der Waals surface area contributed by atoms with Crippen LogP contribution in [0.5, 0.6) is 5.88 Å². The SMILES string of the molecule is CC(=NN)C(COc1cc2c(cn1)CN(C(=O)CF)CC2)=Nc1ccc(C(F)(F)F)nc1. The van der Waals surface area contributed by atoms with Crippen molar-refractivity contribution >= 4 is 23.0 Å². The fraction of sp³-hybridized carbons (Fsp3) is 0.350. The molecule has 2 aromatic heterocycles. The molecule has 0 saturated carbocycles. The average Bonchev–Trinajstić information content (AvgIpc) is 2.79. The van der Waals surface area contributed by atoms with Crippen molar-refractivity contribution in [2.75, 3.05) is 19.8 Å². The summed E-state index contributed by atoms with van der Waals surface area (Å²) < 4.78 is 56.3. The van der Waals surface area contributed by atoms with Gasteiger partial charge < -0.3 is 15.5 Å². The van der Waals surface area contributed by atoms with Crippen LogP contribution in [-0.2, 0) is 23.9 Å². The predicted octanol–water partition coefficient (Wildman–Crippen LogP) is 2.84. The highest BCUT2D eigenvalue weighted by Gasteiger charge is 2.32. The number of halogens is 4. The zero-order valence-corrected chi connectivity index (χ0v) is 17.1. The highest BCUT2D eigenvalue weighted by atomic mass is 19.4. The number of nitrogens with zero attached hydrogens (tertiary/aromatic N) is 5. The van der Waals surface area contributed by atoms with Crippen LogP contribution in [0.25, 0.3) is 0 Å². The highest BCUT2D eigenvalue weighted by molar-refractivity contribution is 6.42. The van der Waals surface area contributed by atoms with E-state index in [1.165, 1.54) is 11.0 Å². The molecular weight excluding hydrogens is 432 g/mol. The van der Waals surface area contributed by atoms with E-state index in [1.54, 1.807) is 19.2 Å². The minimum Gasteiger partial charge on any atom is -0.471 e. The van der Waals surface area contributed by atoms with E-state index in [0.717, 1.165) is 23.4 Å². The fourth-order valence-corrected chi connectivity index (χ4v) is 3.01. The van der Waals surface area contributed by atoms with E-state index in [9.17, 15) is 22.4 Å². The first-order valence-electron chi connectivity index (χ1n) is 9.51. The molecule has 0 aliphatic carbocycles. The number of aliphatic imine (C=N–C) groups is 1. The second-order valence-electron chi connectivity index (χ2n) is 6.95. The Morgan fingerprint density at radius 1 is 1.25 bits per heavy atom. The number of pyridine rings is 2. The van der Waals surface area contributed by atoms with Crippen LogP contribution in [-0.4, -0.2) is 52.0 Å². The van der Waals surface area contributed by atoms with Crippen molar-refractivity contribution in [3.8, 4) is 5.88 Å². The van der Waals surface area contributed by atoms with E-state index in [4.69, 9.17) is 10.6 Å². The molecule has 2 aromatic rings. The van der Waals surface area contributed by atoms with Gasteiger partial charge in [0.2, 0.25) is 5.88 Å². The number of aromatic nitrogens is 2. The Balaban J connectivity index is 1.73. The molecule has 3 heterocycles. The third-order valence-electron chi connectivity index (χ3n) is 4.81.